The lowest BCUT2D eigenvalue weighted by Crippen LogP contribution is -2.27. The van der Waals surface area contributed by atoms with Crippen LogP contribution in [0.1, 0.15) is 47.7 Å². The van der Waals surface area contributed by atoms with E-state index < -0.39 is 0 Å². The predicted molar refractivity (Wildman–Crippen MR) is 82.9 cm³/mol. The number of nitrogens with zero attached hydrogens (tertiary/aromatic N) is 1. The lowest BCUT2D eigenvalue weighted by molar-refractivity contribution is 0.433. The molecule has 1 aliphatic carbocycles. The molecule has 2 unspecified atom stereocenters. The molecule has 0 radical (unpaired) electrons. The smallest absolute Gasteiger partial charge is 0.0420 e. The molecular weight excluding hydrogens is 244 g/mol. The summed E-state index contributed by atoms with van der Waals surface area (Å²) in [6.45, 7) is 5.27. The number of aryl methyl sites for hydroxylation is 1. The largest absolute Gasteiger partial charge is 0.310 e. The fourth-order valence-corrected chi connectivity index (χ4v) is 3.29. The molecule has 20 heavy (non-hydrogen) atoms. The lowest BCUT2D eigenvalue weighted by atomic mass is 9.73. The summed E-state index contributed by atoms with van der Waals surface area (Å²) < 4.78 is 0. The van der Waals surface area contributed by atoms with Gasteiger partial charge >= 0.3 is 0 Å². The first-order valence-electron chi connectivity index (χ1n) is 7.52. The van der Waals surface area contributed by atoms with E-state index in [1.54, 1.807) is 0 Å². The minimum atomic E-state index is 0.409. The molecule has 2 heteroatoms. The summed E-state index contributed by atoms with van der Waals surface area (Å²) >= 11 is 0. The average Bonchev–Trinajstić information content (AvgIpc) is 2.44. The molecule has 1 aromatic carbocycles. The zero-order valence-corrected chi connectivity index (χ0v) is 12.3. The van der Waals surface area contributed by atoms with E-state index in [-0.39, 0.29) is 0 Å². The van der Waals surface area contributed by atoms with E-state index in [1.807, 2.05) is 12.3 Å². The molecule has 0 spiro atoms. The third-order valence-corrected chi connectivity index (χ3v) is 4.36. The molecular formula is C18H22N2. The Morgan fingerprint density at radius 2 is 2.10 bits per heavy atom. The van der Waals surface area contributed by atoms with Crippen molar-refractivity contribution >= 4 is 0 Å². The van der Waals surface area contributed by atoms with E-state index in [2.05, 4.69) is 54.5 Å². The van der Waals surface area contributed by atoms with Gasteiger partial charge in [-0.15, -0.1) is 0 Å². The highest BCUT2D eigenvalue weighted by molar-refractivity contribution is 5.40. The van der Waals surface area contributed by atoms with Crippen LogP contribution in [0.15, 0.2) is 42.6 Å². The second kappa shape index (κ2) is 5.76. The fraction of sp³-hybridized carbons (Fsp3) is 0.389. The summed E-state index contributed by atoms with van der Waals surface area (Å²) in [6, 6.07) is 13.5. The van der Waals surface area contributed by atoms with Crippen molar-refractivity contribution in [2.24, 2.45) is 0 Å². The third kappa shape index (κ3) is 2.48. The molecule has 1 heterocycles. The van der Waals surface area contributed by atoms with Crippen molar-refractivity contribution in [1.29, 1.82) is 0 Å². The van der Waals surface area contributed by atoms with E-state index in [9.17, 15) is 0 Å². The molecule has 0 saturated carbocycles. The minimum absolute atomic E-state index is 0.409. The Morgan fingerprint density at radius 3 is 2.85 bits per heavy atom. The zero-order valence-electron chi connectivity index (χ0n) is 12.3. The van der Waals surface area contributed by atoms with Gasteiger partial charge in [-0.3, -0.25) is 4.98 Å². The van der Waals surface area contributed by atoms with Crippen LogP contribution >= 0.6 is 0 Å². The van der Waals surface area contributed by atoms with Crippen LogP contribution < -0.4 is 5.32 Å². The van der Waals surface area contributed by atoms with Gasteiger partial charge < -0.3 is 5.32 Å². The van der Waals surface area contributed by atoms with Gasteiger partial charge in [0.05, 0.1) is 0 Å². The Bertz CT molecular complexity index is 591. The molecule has 0 aliphatic heterocycles. The monoisotopic (exact) mass is 266 g/mol. The van der Waals surface area contributed by atoms with E-state index in [0.717, 1.165) is 18.7 Å². The number of hydrogen-bond donors (Lipinski definition) is 1. The molecule has 0 fully saturated rings. The van der Waals surface area contributed by atoms with Gasteiger partial charge in [0, 0.05) is 17.9 Å². The van der Waals surface area contributed by atoms with Crippen molar-refractivity contribution in [3.05, 3.63) is 65.0 Å². The maximum atomic E-state index is 4.44. The van der Waals surface area contributed by atoms with Crippen molar-refractivity contribution in [2.45, 2.75) is 38.6 Å². The van der Waals surface area contributed by atoms with E-state index >= 15 is 0 Å². The Balaban J connectivity index is 1.78. The maximum absolute atomic E-state index is 4.44. The Kier molecular flexibility index (Phi) is 3.83. The minimum Gasteiger partial charge on any atom is -0.310 e. The Morgan fingerprint density at radius 1 is 1.25 bits per heavy atom. The topological polar surface area (TPSA) is 24.9 Å². The maximum Gasteiger partial charge on any atom is 0.0420 e. The number of benzene rings is 1. The average molecular weight is 266 g/mol. The highest BCUT2D eigenvalue weighted by Crippen LogP contribution is 2.40. The first-order chi connectivity index (χ1) is 9.79. The van der Waals surface area contributed by atoms with Gasteiger partial charge in [0.2, 0.25) is 0 Å². The fourth-order valence-electron chi connectivity index (χ4n) is 3.29. The summed E-state index contributed by atoms with van der Waals surface area (Å²) in [6.07, 6.45) is 4.26. The quantitative estimate of drug-likeness (QED) is 0.891. The van der Waals surface area contributed by atoms with Gasteiger partial charge in [-0.1, -0.05) is 37.3 Å². The van der Waals surface area contributed by atoms with Crippen LogP contribution in [0.2, 0.25) is 0 Å². The van der Waals surface area contributed by atoms with Crippen molar-refractivity contribution in [1.82, 2.24) is 10.3 Å². The molecule has 104 valence electrons. The molecule has 2 aromatic rings. The zero-order chi connectivity index (χ0) is 13.9. The van der Waals surface area contributed by atoms with Crippen molar-refractivity contribution in [3.8, 4) is 0 Å². The van der Waals surface area contributed by atoms with Gasteiger partial charge in [0.1, 0.15) is 0 Å². The van der Waals surface area contributed by atoms with Gasteiger partial charge in [-0.25, -0.2) is 0 Å². The van der Waals surface area contributed by atoms with Gasteiger partial charge in [0.15, 0.2) is 0 Å². The number of aromatic nitrogens is 1. The second-order valence-corrected chi connectivity index (χ2v) is 5.62. The van der Waals surface area contributed by atoms with Crippen LogP contribution in [0, 0.1) is 6.92 Å². The number of fused-ring (bicyclic) bond motifs is 1. The van der Waals surface area contributed by atoms with Crippen LogP contribution in [-0.2, 0) is 6.42 Å². The number of hydrogen-bond acceptors (Lipinski definition) is 2. The second-order valence-electron chi connectivity index (χ2n) is 5.62. The summed E-state index contributed by atoms with van der Waals surface area (Å²) in [5.41, 5.74) is 5.55. The standard InChI is InChI=1S/C18H22N2/c1-3-19-18(16-9-6-10-20-13(16)2)12-15-11-14-7-4-5-8-17(14)15/h4-10,15,18-19H,3,11-12H2,1-2H3. The van der Waals surface area contributed by atoms with Crippen molar-refractivity contribution < 1.29 is 0 Å². The van der Waals surface area contributed by atoms with Crippen LogP contribution in [0.3, 0.4) is 0 Å². The Labute approximate surface area is 121 Å². The van der Waals surface area contributed by atoms with E-state index in [0.29, 0.717) is 12.0 Å². The van der Waals surface area contributed by atoms with E-state index in [4.69, 9.17) is 0 Å². The molecule has 2 nitrogen and oxygen atoms in total. The van der Waals surface area contributed by atoms with E-state index in [1.165, 1.54) is 23.1 Å². The number of rotatable bonds is 5. The summed E-state index contributed by atoms with van der Waals surface area (Å²) in [5.74, 6) is 0.690. The predicted octanol–water partition coefficient (Wildman–Crippen LogP) is 3.77. The SMILES string of the molecule is CCNC(CC1Cc2ccccc21)c1cccnc1C. The molecule has 0 amide bonds. The Hall–Kier alpha value is -1.67. The highest BCUT2D eigenvalue weighted by atomic mass is 14.9. The van der Waals surface area contributed by atoms with Crippen molar-refractivity contribution in [2.75, 3.05) is 6.54 Å². The first-order valence-corrected chi connectivity index (χ1v) is 7.52. The molecule has 0 bridgehead atoms. The lowest BCUT2D eigenvalue weighted by Gasteiger charge is -2.33. The first kappa shape index (κ1) is 13.3. The summed E-state index contributed by atoms with van der Waals surface area (Å²) in [7, 11) is 0. The number of pyridine rings is 1. The summed E-state index contributed by atoms with van der Waals surface area (Å²) in [5, 5.41) is 3.63. The van der Waals surface area contributed by atoms with Gasteiger partial charge in [-0.2, -0.15) is 0 Å². The van der Waals surface area contributed by atoms with Crippen molar-refractivity contribution in [3.63, 3.8) is 0 Å². The van der Waals surface area contributed by atoms with Crippen LogP contribution in [0.4, 0.5) is 0 Å². The van der Waals surface area contributed by atoms with Gasteiger partial charge in [0.25, 0.3) is 0 Å². The summed E-state index contributed by atoms with van der Waals surface area (Å²) in [4.78, 5) is 4.44. The molecule has 1 aliphatic rings. The molecule has 2 atom stereocenters. The van der Waals surface area contributed by atoms with Crippen LogP contribution in [0.5, 0.6) is 0 Å². The normalized spacial score (nSPS) is 18.2. The molecule has 3 rings (SSSR count). The molecule has 0 saturated heterocycles. The number of nitrogens with one attached hydrogen (secondary N) is 1. The molecule has 1 aromatic heterocycles. The highest BCUT2D eigenvalue weighted by Gasteiger charge is 2.28. The van der Waals surface area contributed by atoms with Crippen LogP contribution in [0.25, 0.3) is 0 Å². The van der Waals surface area contributed by atoms with Gasteiger partial charge in [-0.05, 0) is 55.0 Å². The van der Waals surface area contributed by atoms with Crippen LogP contribution in [-0.4, -0.2) is 11.5 Å². The third-order valence-electron chi connectivity index (χ3n) is 4.36. The molecule has 1 N–H and O–H groups in total.